The summed E-state index contributed by atoms with van der Waals surface area (Å²) in [5.41, 5.74) is 3.58. The number of rotatable bonds is 3. The molecule has 0 bridgehead atoms. The normalized spacial score (nSPS) is 20.2. The van der Waals surface area contributed by atoms with Crippen molar-refractivity contribution >= 4 is 27.6 Å². The molecule has 0 aliphatic heterocycles. The second-order valence-corrected chi connectivity index (χ2v) is 6.79. The third kappa shape index (κ3) is 2.51. The van der Waals surface area contributed by atoms with Crippen molar-refractivity contribution in [3.05, 3.63) is 77.4 Å². The first-order chi connectivity index (χ1) is 12.3. The molecule has 0 fully saturated rings. The van der Waals surface area contributed by atoms with E-state index < -0.39 is 6.10 Å². The van der Waals surface area contributed by atoms with E-state index in [9.17, 15) is 5.11 Å². The van der Waals surface area contributed by atoms with Crippen LogP contribution in [0.1, 0.15) is 43.9 Å². The van der Waals surface area contributed by atoms with Crippen molar-refractivity contribution in [2.75, 3.05) is 0 Å². The van der Waals surface area contributed by atoms with Crippen LogP contribution in [0.15, 0.2) is 66.3 Å². The van der Waals surface area contributed by atoms with E-state index in [1.807, 2.05) is 0 Å². The molecule has 4 rings (SSSR count). The molecule has 0 unspecified atom stereocenters. The minimum absolute atomic E-state index is 0.0713. The largest absolute Gasteiger partial charge is 0.387 e. The molecule has 25 heavy (non-hydrogen) atoms. The first-order valence-electron chi connectivity index (χ1n) is 9.24. The average Bonchev–Trinajstić information content (AvgIpc) is 2.66. The van der Waals surface area contributed by atoms with Gasteiger partial charge in [0.1, 0.15) is 0 Å². The van der Waals surface area contributed by atoms with Gasteiger partial charge in [-0.05, 0) is 45.5 Å². The average molecular weight is 328 g/mol. The maximum absolute atomic E-state index is 11.3. The molecule has 1 heteroatoms. The molecule has 1 nitrogen and oxygen atoms in total. The third-order valence-electron chi connectivity index (χ3n) is 5.42. The van der Waals surface area contributed by atoms with Gasteiger partial charge in [-0.25, -0.2) is 0 Å². The molecule has 126 valence electrons. The summed E-state index contributed by atoms with van der Waals surface area (Å²) in [6.07, 6.45) is 8.17. The van der Waals surface area contributed by atoms with Crippen molar-refractivity contribution < 1.29 is 5.11 Å². The van der Waals surface area contributed by atoms with Crippen LogP contribution in [0.2, 0.25) is 0 Å². The van der Waals surface area contributed by atoms with Crippen LogP contribution in [0.5, 0.6) is 0 Å². The monoisotopic (exact) mass is 328 g/mol. The van der Waals surface area contributed by atoms with Gasteiger partial charge >= 0.3 is 0 Å². The minimum atomic E-state index is -0.493. The predicted molar refractivity (Wildman–Crippen MR) is 108 cm³/mol. The Labute approximate surface area is 149 Å². The molecule has 0 radical (unpaired) electrons. The molecule has 0 spiro atoms. The van der Waals surface area contributed by atoms with Gasteiger partial charge < -0.3 is 5.11 Å². The second-order valence-electron chi connectivity index (χ2n) is 6.79. The molecule has 0 aromatic heterocycles. The minimum Gasteiger partial charge on any atom is -0.387 e. The van der Waals surface area contributed by atoms with Crippen molar-refractivity contribution in [3.8, 4) is 0 Å². The summed E-state index contributed by atoms with van der Waals surface area (Å²) in [7, 11) is 0. The number of aliphatic hydroxyl groups excluding tert-OH is 1. The number of benzene rings is 3. The van der Waals surface area contributed by atoms with Crippen LogP contribution in [0, 0.1) is 5.92 Å². The lowest BCUT2D eigenvalue weighted by Gasteiger charge is -2.30. The van der Waals surface area contributed by atoms with Gasteiger partial charge in [0.05, 0.1) is 6.10 Å². The topological polar surface area (TPSA) is 20.2 Å². The van der Waals surface area contributed by atoms with Gasteiger partial charge in [-0.3, -0.25) is 0 Å². The first-order valence-corrected chi connectivity index (χ1v) is 9.24. The van der Waals surface area contributed by atoms with Crippen LogP contribution in [0.3, 0.4) is 0 Å². The van der Waals surface area contributed by atoms with Gasteiger partial charge in [0.15, 0.2) is 0 Å². The van der Waals surface area contributed by atoms with E-state index in [1.54, 1.807) is 0 Å². The van der Waals surface area contributed by atoms with Gasteiger partial charge in [0.2, 0.25) is 0 Å². The molecule has 0 saturated carbocycles. The van der Waals surface area contributed by atoms with E-state index >= 15 is 0 Å². The van der Waals surface area contributed by atoms with E-state index in [0.717, 1.165) is 18.4 Å². The van der Waals surface area contributed by atoms with Gasteiger partial charge in [-0.1, -0.05) is 86.2 Å². The quantitative estimate of drug-likeness (QED) is 0.435. The molecule has 3 aromatic rings. The predicted octanol–water partition coefficient (Wildman–Crippen LogP) is 6.42. The molecule has 0 heterocycles. The number of aliphatic hydroxyl groups is 1. The zero-order chi connectivity index (χ0) is 17.4. The summed E-state index contributed by atoms with van der Waals surface area (Å²) >= 11 is 0. The summed E-state index contributed by atoms with van der Waals surface area (Å²) in [4.78, 5) is 0. The molecule has 1 aliphatic carbocycles. The van der Waals surface area contributed by atoms with Gasteiger partial charge in [0.25, 0.3) is 0 Å². The van der Waals surface area contributed by atoms with E-state index in [0.29, 0.717) is 0 Å². The van der Waals surface area contributed by atoms with Crippen LogP contribution in [-0.4, -0.2) is 5.11 Å². The Bertz CT molecular complexity index is 994. The maximum atomic E-state index is 11.3. The molecule has 2 atom stereocenters. The standard InChI is InChI=1S/C24H24O/c1-3-9-16(4-2)17-14-15-22-20-12-6-5-10-18(20)19-11-7-8-13-21(19)23(22)24(17)25/h5-15,17,24-25H,3-4H2,1-2H3/b16-9+/t17-,24+/m1/s1. The number of hydrogen-bond acceptors (Lipinski definition) is 1. The highest BCUT2D eigenvalue weighted by atomic mass is 16.3. The van der Waals surface area contributed by atoms with Crippen LogP contribution in [0.25, 0.3) is 27.6 Å². The van der Waals surface area contributed by atoms with Gasteiger partial charge in [-0.2, -0.15) is 0 Å². The highest BCUT2D eigenvalue weighted by Crippen LogP contribution is 2.44. The third-order valence-corrected chi connectivity index (χ3v) is 5.42. The van der Waals surface area contributed by atoms with E-state index in [2.05, 4.69) is 80.6 Å². The summed E-state index contributed by atoms with van der Waals surface area (Å²) in [6.45, 7) is 4.33. The summed E-state index contributed by atoms with van der Waals surface area (Å²) in [5.74, 6) is 0.0713. The number of hydrogen-bond donors (Lipinski definition) is 1. The zero-order valence-electron chi connectivity index (χ0n) is 14.9. The summed E-state index contributed by atoms with van der Waals surface area (Å²) in [5, 5.41) is 16.2. The Kier molecular flexibility index (Phi) is 4.19. The molecule has 1 aliphatic rings. The van der Waals surface area contributed by atoms with Crippen LogP contribution < -0.4 is 0 Å². The lowest BCUT2D eigenvalue weighted by atomic mass is 9.77. The summed E-state index contributed by atoms with van der Waals surface area (Å²) < 4.78 is 0. The van der Waals surface area contributed by atoms with Crippen LogP contribution >= 0.6 is 0 Å². The smallest absolute Gasteiger partial charge is 0.0901 e. The first kappa shape index (κ1) is 16.1. The molecule has 3 aromatic carbocycles. The van der Waals surface area contributed by atoms with Crippen LogP contribution in [-0.2, 0) is 0 Å². The molecule has 0 amide bonds. The van der Waals surface area contributed by atoms with Gasteiger partial charge in [-0.15, -0.1) is 0 Å². The molecular formula is C24H24O. The van der Waals surface area contributed by atoms with Gasteiger partial charge in [0, 0.05) is 5.92 Å². The van der Waals surface area contributed by atoms with Crippen LogP contribution in [0.4, 0.5) is 0 Å². The lowest BCUT2D eigenvalue weighted by molar-refractivity contribution is 0.145. The van der Waals surface area contributed by atoms with Crippen molar-refractivity contribution in [3.63, 3.8) is 0 Å². The zero-order valence-corrected chi connectivity index (χ0v) is 14.9. The fraction of sp³-hybridized carbons (Fsp3) is 0.250. The Morgan fingerprint density at radius 2 is 1.52 bits per heavy atom. The Morgan fingerprint density at radius 3 is 2.16 bits per heavy atom. The second kappa shape index (κ2) is 6.50. The van der Waals surface area contributed by atoms with E-state index in [1.165, 1.54) is 32.7 Å². The molecule has 1 N–H and O–H groups in total. The maximum Gasteiger partial charge on any atom is 0.0901 e. The molecular weight excluding hydrogens is 304 g/mol. The fourth-order valence-corrected chi connectivity index (χ4v) is 4.28. The Hall–Kier alpha value is -2.38. The van der Waals surface area contributed by atoms with Crippen molar-refractivity contribution in [1.29, 1.82) is 0 Å². The highest BCUT2D eigenvalue weighted by Gasteiger charge is 2.29. The lowest BCUT2D eigenvalue weighted by Crippen LogP contribution is -2.18. The Morgan fingerprint density at radius 1 is 0.920 bits per heavy atom. The Balaban J connectivity index is 2.03. The van der Waals surface area contributed by atoms with Crippen molar-refractivity contribution in [2.24, 2.45) is 5.92 Å². The van der Waals surface area contributed by atoms with E-state index in [4.69, 9.17) is 0 Å². The SMILES string of the molecule is CC/C=C(\CC)[C@H]1C=Cc2c(c3ccccc3c3ccccc23)[C@H]1O. The number of allylic oxidation sites excluding steroid dienone is 1. The van der Waals surface area contributed by atoms with Crippen molar-refractivity contribution in [2.45, 2.75) is 32.8 Å². The van der Waals surface area contributed by atoms with E-state index in [-0.39, 0.29) is 5.92 Å². The van der Waals surface area contributed by atoms with Crippen molar-refractivity contribution in [1.82, 2.24) is 0 Å². The highest BCUT2D eigenvalue weighted by molar-refractivity contribution is 6.13. The summed E-state index contributed by atoms with van der Waals surface area (Å²) in [6, 6.07) is 17.0. The molecule has 0 saturated heterocycles. The number of fused-ring (bicyclic) bond motifs is 6. The fourth-order valence-electron chi connectivity index (χ4n) is 4.28.